The molecule has 0 unspecified atom stereocenters. The number of rotatable bonds is 5. The van der Waals surface area contributed by atoms with Crippen LogP contribution in [-0.2, 0) is 8.85 Å². The van der Waals surface area contributed by atoms with Crippen LogP contribution in [0.2, 0.25) is 39.3 Å². The first-order valence-electron chi connectivity index (χ1n) is 4.77. The molecule has 0 spiro atoms. The second-order valence-corrected chi connectivity index (χ2v) is 14.1. The molecule has 0 fully saturated rings. The number of hydrogen-bond acceptors (Lipinski definition) is 2. The van der Waals surface area contributed by atoms with Crippen LogP contribution in [0.5, 0.6) is 0 Å². The van der Waals surface area contributed by atoms with Crippen molar-refractivity contribution in [1.82, 2.24) is 0 Å². The van der Waals surface area contributed by atoms with E-state index in [-0.39, 0.29) is 0 Å². The zero-order valence-electron chi connectivity index (χ0n) is 10.2. The highest BCUT2D eigenvalue weighted by atomic mass is 28.4. The van der Waals surface area contributed by atoms with E-state index in [0.717, 1.165) is 0 Å². The van der Waals surface area contributed by atoms with Gasteiger partial charge in [-0.1, -0.05) is 13.2 Å². The zero-order chi connectivity index (χ0) is 11.6. The van der Waals surface area contributed by atoms with Crippen molar-refractivity contribution < 1.29 is 8.85 Å². The molecule has 0 amide bonds. The summed E-state index contributed by atoms with van der Waals surface area (Å²) >= 11 is 0. The lowest BCUT2D eigenvalue weighted by atomic mass is 10.5. The minimum absolute atomic E-state index is 0.589. The third-order valence-corrected chi connectivity index (χ3v) is 2.89. The largest absolute Gasteiger partial charge is 0.542 e. The molecule has 0 aromatic heterocycles. The van der Waals surface area contributed by atoms with Crippen molar-refractivity contribution in [2.75, 3.05) is 0 Å². The number of hydrogen-bond donors (Lipinski definition) is 0. The summed E-state index contributed by atoms with van der Waals surface area (Å²) in [7, 11) is -3.17. The Labute approximate surface area is 89.9 Å². The summed E-state index contributed by atoms with van der Waals surface area (Å²) < 4.78 is 11.4. The van der Waals surface area contributed by atoms with Gasteiger partial charge in [-0.3, -0.25) is 0 Å². The lowest BCUT2D eigenvalue weighted by molar-refractivity contribution is 0.346. The van der Waals surface area contributed by atoms with E-state index in [9.17, 15) is 0 Å². The average Bonchev–Trinajstić information content (AvgIpc) is 1.78. The Balaban J connectivity index is 4.22. The van der Waals surface area contributed by atoms with Gasteiger partial charge in [0.15, 0.2) is 0 Å². The fourth-order valence-electron chi connectivity index (χ4n) is 0.853. The Morgan fingerprint density at radius 2 is 0.929 bits per heavy atom. The maximum Gasteiger partial charge on any atom is 0.242 e. The van der Waals surface area contributed by atoms with Crippen molar-refractivity contribution in [3.05, 3.63) is 24.7 Å². The second-order valence-electron chi connectivity index (χ2n) is 5.28. The van der Waals surface area contributed by atoms with Crippen molar-refractivity contribution >= 4 is 16.6 Å². The molecule has 0 aromatic carbocycles. The molecule has 0 heterocycles. The van der Waals surface area contributed by atoms with E-state index in [1.165, 1.54) is 0 Å². The third kappa shape index (κ3) is 6.97. The topological polar surface area (TPSA) is 18.5 Å². The molecule has 0 aliphatic rings. The molecule has 0 bridgehead atoms. The van der Waals surface area contributed by atoms with Gasteiger partial charge in [0.1, 0.15) is 11.5 Å². The molecule has 0 saturated heterocycles. The highest BCUT2D eigenvalue weighted by molar-refractivity contribution is 6.70. The van der Waals surface area contributed by atoms with Crippen LogP contribution >= 0.6 is 0 Å². The van der Waals surface area contributed by atoms with Crippen molar-refractivity contribution in [2.24, 2.45) is 0 Å². The summed E-state index contributed by atoms with van der Waals surface area (Å²) in [4.78, 5) is 0. The van der Waals surface area contributed by atoms with Crippen LogP contribution < -0.4 is 0 Å². The summed E-state index contributed by atoms with van der Waals surface area (Å²) in [6, 6.07) is 0. The van der Waals surface area contributed by atoms with Crippen LogP contribution in [0, 0.1) is 0 Å². The van der Waals surface area contributed by atoms with Crippen LogP contribution in [0.4, 0.5) is 0 Å². The third-order valence-electron chi connectivity index (χ3n) is 1.17. The van der Waals surface area contributed by atoms with Gasteiger partial charge in [-0.15, -0.1) is 0 Å². The Morgan fingerprint density at radius 3 is 1.07 bits per heavy atom. The zero-order valence-corrected chi connectivity index (χ0v) is 12.2. The first-order chi connectivity index (χ1) is 6.01. The molecular weight excluding hydrogens is 208 g/mol. The van der Waals surface area contributed by atoms with Crippen LogP contribution in [0.3, 0.4) is 0 Å². The van der Waals surface area contributed by atoms with Crippen LogP contribution in [0.1, 0.15) is 0 Å². The smallest absolute Gasteiger partial charge is 0.242 e. The fourth-order valence-corrected chi connectivity index (χ4v) is 2.56. The van der Waals surface area contributed by atoms with Gasteiger partial charge in [0.2, 0.25) is 16.6 Å². The van der Waals surface area contributed by atoms with E-state index < -0.39 is 16.6 Å². The summed E-state index contributed by atoms with van der Waals surface area (Å²) in [6.07, 6.45) is 0. The minimum atomic E-state index is -1.58. The molecule has 14 heavy (non-hydrogen) atoms. The fraction of sp³-hybridized carbons (Fsp3) is 0.600. The van der Waals surface area contributed by atoms with Crippen LogP contribution in [0.15, 0.2) is 24.7 Å². The van der Waals surface area contributed by atoms with Gasteiger partial charge in [-0.2, -0.15) is 0 Å². The van der Waals surface area contributed by atoms with Crippen molar-refractivity contribution in [3.63, 3.8) is 0 Å². The molecule has 0 radical (unpaired) electrons. The highest BCUT2D eigenvalue weighted by Crippen LogP contribution is 2.19. The van der Waals surface area contributed by atoms with Gasteiger partial charge in [-0.25, -0.2) is 0 Å². The van der Waals surface area contributed by atoms with Gasteiger partial charge in [0, 0.05) is 0 Å². The summed E-state index contributed by atoms with van der Waals surface area (Å²) in [5.74, 6) is 1.18. The van der Waals surface area contributed by atoms with Crippen molar-refractivity contribution in [3.8, 4) is 0 Å². The van der Waals surface area contributed by atoms with E-state index in [0.29, 0.717) is 11.5 Å². The molecule has 0 atom stereocenters. The highest BCUT2D eigenvalue weighted by Gasteiger charge is 2.22. The lowest BCUT2D eigenvalue weighted by Crippen LogP contribution is -2.29. The Bertz CT molecular complexity index is 207. The van der Waals surface area contributed by atoms with Gasteiger partial charge < -0.3 is 8.85 Å². The van der Waals surface area contributed by atoms with Gasteiger partial charge in [0.25, 0.3) is 0 Å². The van der Waals surface area contributed by atoms with Gasteiger partial charge in [0.05, 0.1) is 0 Å². The van der Waals surface area contributed by atoms with E-state index in [1.807, 2.05) is 0 Å². The Hall–Kier alpha value is -0.486. The normalized spacial score (nSPS) is 12.1. The first-order valence-corrected chi connectivity index (χ1v) is 11.6. The van der Waals surface area contributed by atoms with E-state index in [1.54, 1.807) is 0 Å². The molecule has 2 nitrogen and oxygen atoms in total. The lowest BCUT2D eigenvalue weighted by Gasteiger charge is -2.26. The van der Waals surface area contributed by atoms with Crippen molar-refractivity contribution in [1.29, 1.82) is 0 Å². The quantitative estimate of drug-likeness (QED) is 0.407. The molecule has 0 rings (SSSR count). The average molecular weight is 230 g/mol. The molecule has 0 aromatic rings. The monoisotopic (exact) mass is 230 g/mol. The predicted molar refractivity (Wildman–Crippen MR) is 67.1 cm³/mol. The van der Waals surface area contributed by atoms with Crippen LogP contribution in [0.25, 0.3) is 0 Å². The van der Waals surface area contributed by atoms with Crippen LogP contribution in [-0.4, -0.2) is 16.6 Å². The molecule has 0 saturated carbocycles. The SMILES string of the molecule is C=C(O[Si](C)(C)C)C(=C)O[Si](C)(C)C. The van der Waals surface area contributed by atoms with Crippen molar-refractivity contribution in [2.45, 2.75) is 39.3 Å². The molecule has 82 valence electrons. The summed E-state index contributed by atoms with van der Waals surface area (Å²) in [5, 5.41) is 0. The Kier molecular flexibility index (Phi) is 4.21. The predicted octanol–water partition coefficient (Wildman–Crippen LogP) is 3.72. The molecule has 0 aliphatic carbocycles. The van der Waals surface area contributed by atoms with Gasteiger partial charge >= 0.3 is 0 Å². The molecule has 4 heteroatoms. The molecular formula is C10H22O2Si2. The minimum Gasteiger partial charge on any atom is -0.542 e. The molecule has 0 aliphatic heterocycles. The second kappa shape index (κ2) is 4.36. The first kappa shape index (κ1) is 13.5. The maximum atomic E-state index is 5.69. The molecule has 0 N–H and O–H groups in total. The van der Waals surface area contributed by atoms with E-state index in [4.69, 9.17) is 8.85 Å². The Morgan fingerprint density at radius 1 is 0.714 bits per heavy atom. The standard InChI is InChI=1S/C10H22O2Si2/c1-9(11-13(3,4)5)10(2)12-14(6,7)8/h1-2H2,3-8H3. The van der Waals surface area contributed by atoms with Gasteiger partial charge in [-0.05, 0) is 39.3 Å². The maximum absolute atomic E-state index is 5.69. The summed E-state index contributed by atoms with van der Waals surface area (Å²) in [5.41, 5.74) is 0. The van der Waals surface area contributed by atoms with E-state index in [2.05, 4.69) is 52.4 Å². The summed E-state index contributed by atoms with van der Waals surface area (Å²) in [6.45, 7) is 20.3. The van der Waals surface area contributed by atoms with E-state index >= 15 is 0 Å².